The molecule has 0 aromatic heterocycles. The number of amides is 2. The number of hydrogen-bond acceptors (Lipinski definition) is 3. The summed E-state index contributed by atoms with van der Waals surface area (Å²) in [5, 5.41) is 5.98. The molecule has 2 amide bonds. The second-order valence-corrected chi connectivity index (χ2v) is 5.94. The first-order valence-corrected chi connectivity index (χ1v) is 8.40. The number of anilines is 1. The summed E-state index contributed by atoms with van der Waals surface area (Å²) in [5.41, 5.74) is 1.46. The zero-order valence-electron chi connectivity index (χ0n) is 14.7. The van der Waals surface area contributed by atoms with Gasteiger partial charge in [0.05, 0.1) is 6.54 Å². The lowest BCUT2D eigenvalue weighted by Gasteiger charge is -2.21. The highest BCUT2D eigenvalue weighted by Gasteiger charge is 2.11. The summed E-state index contributed by atoms with van der Waals surface area (Å²) in [6, 6.07) is 7.29. The van der Waals surface area contributed by atoms with Gasteiger partial charge in [0.1, 0.15) is 0 Å². The average Bonchev–Trinajstić information content (AvgIpc) is 2.52. The van der Waals surface area contributed by atoms with Crippen molar-refractivity contribution in [1.29, 1.82) is 0 Å². The summed E-state index contributed by atoms with van der Waals surface area (Å²) in [6.07, 6.45) is 1.93. The van der Waals surface area contributed by atoms with Crippen LogP contribution in [-0.4, -0.2) is 42.4 Å². The Morgan fingerprint density at radius 2 is 1.61 bits per heavy atom. The van der Waals surface area contributed by atoms with Crippen molar-refractivity contribution < 1.29 is 9.59 Å². The van der Waals surface area contributed by atoms with Gasteiger partial charge in [0.25, 0.3) is 5.91 Å². The summed E-state index contributed by atoms with van der Waals surface area (Å²) in [5.74, 6) is 0.0232. The van der Waals surface area contributed by atoms with Crippen LogP contribution in [0.4, 0.5) is 5.69 Å². The summed E-state index contributed by atoms with van der Waals surface area (Å²) in [7, 11) is 0. The first-order valence-electron chi connectivity index (χ1n) is 8.40. The topological polar surface area (TPSA) is 61.4 Å². The van der Waals surface area contributed by atoms with Crippen molar-refractivity contribution in [2.45, 2.75) is 46.6 Å². The van der Waals surface area contributed by atoms with Gasteiger partial charge >= 0.3 is 0 Å². The molecule has 0 spiro atoms. The van der Waals surface area contributed by atoms with Crippen LogP contribution in [-0.2, 0) is 4.79 Å². The molecule has 0 unspecified atom stereocenters. The lowest BCUT2D eigenvalue weighted by molar-refractivity contribution is -0.129. The lowest BCUT2D eigenvalue weighted by Crippen LogP contribution is -2.36. The molecule has 0 aliphatic carbocycles. The summed E-state index contributed by atoms with van der Waals surface area (Å²) in [4.78, 5) is 26.0. The van der Waals surface area contributed by atoms with Gasteiger partial charge in [-0.2, -0.15) is 0 Å². The Morgan fingerprint density at radius 1 is 1.04 bits per heavy atom. The summed E-state index contributed by atoms with van der Waals surface area (Å²) in [6.45, 7) is 9.87. The van der Waals surface area contributed by atoms with E-state index in [9.17, 15) is 9.59 Å². The Kier molecular flexibility index (Phi) is 8.16. The molecule has 0 radical (unpaired) electrons. The molecule has 5 nitrogen and oxygen atoms in total. The van der Waals surface area contributed by atoms with Gasteiger partial charge < -0.3 is 15.5 Å². The normalized spacial score (nSPS) is 10.5. The predicted molar refractivity (Wildman–Crippen MR) is 94.7 cm³/mol. The van der Waals surface area contributed by atoms with Crippen molar-refractivity contribution in [3.63, 3.8) is 0 Å². The van der Waals surface area contributed by atoms with Crippen molar-refractivity contribution >= 4 is 17.5 Å². The zero-order chi connectivity index (χ0) is 17.2. The van der Waals surface area contributed by atoms with E-state index in [1.165, 1.54) is 0 Å². The lowest BCUT2D eigenvalue weighted by atomic mass is 10.2. The highest BCUT2D eigenvalue weighted by molar-refractivity contribution is 5.94. The van der Waals surface area contributed by atoms with Gasteiger partial charge in [-0.05, 0) is 51.0 Å². The number of carbonyl (C=O) groups is 2. The Bertz CT molecular complexity index is 491. The van der Waals surface area contributed by atoms with E-state index in [1.54, 1.807) is 12.1 Å². The molecule has 2 N–H and O–H groups in total. The first kappa shape index (κ1) is 19.0. The number of benzene rings is 1. The maximum atomic E-state index is 12.2. The highest BCUT2D eigenvalue weighted by Crippen LogP contribution is 2.10. The van der Waals surface area contributed by atoms with E-state index in [0.29, 0.717) is 5.56 Å². The monoisotopic (exact) mass is 319 g/mol. The molecule has 0 atom stereocenters. The second kappa shape index (κ2) is 9.87. The van der Waals surface area contributed by atoms with Crippen LogP contribution in [0.15, 0.2) is 24.3 Å². The minimum absolute atomic E-state index is 0.0836. The standard InChI is InChI=1S/C18H29N3O2/c1-5-11-21(12-6-2)17(22)13-19-16-9-7-15(8-10-16)18(23)20-14(3)4/h7-10,14,19H,5-6,11-13H2,1-4H3,(H,20,23). The Labute approximate surface area is 139 Å². The molecule has 0 fully saturated rings. The van der Waals surface area contributed by atoms with Crippen molar-refractivity contribution in [2.75, 3.05) is 25.0 Å². The van der Waals surface area contributed by atoms with Crippen LogP contribution in [0, 0.1) is 0 Å². The molecule has 0 aliphatic heterocycles. The molecular formula is C18H29N3O2. The van der Waals surface area contributed by atoms with Crippen LogP contribution in [0.1, 0.15) is 50.9 Å². The molecular weight excluding hydrogens is 290 g/mol. The van der Waals surface area contributed by atoms with Gasteiger partial charge in [-0.25, -0.2) is 0 Å². The Hall–Kier alpha value is -2.04. The zero-order valence-corrected chi connectivity index (χ0v) is 14.7. The van der Waals surface area contributed by atoms with Gasteiger partial charge in [-0.1, -0.05) is 13.8 Å². The quantitative estimate of drug-likeness (QED) is 0.736. The molecule has 1 rings (SSSR count). The molecule has 1 aromatic rings. The van der Waals surface area contributed by atoms with E-state index in [2.05, 4.69) is 24.5 Å². The molecule has 0 saturated carbocycles. The maximum absolute atomic E-state index is 12.2. The smallest absolute Gasteiger partial charge is 0.251 e. The van der Waals surface area contributed by atoms with Gasteiger partial charge in [0.2, 0.25) is 5.91 Å². The van der Waals surface area contributed by atoms with Crippen molar-refractivity contribution in [1.82, 2.24) is 10.2 Å². The maximum Gasteiger partial charge on any atom is 0.251 e. The molecule has 0 heterocycles. The van der Waals surface area contributed by atoms with Crippen LogP contribution in [0.3, 0.4) is 0 Å². The largest absolute Gasteiger partial charge is 0.376 e. The van der Waals surface area contributed by atoms with E-state index in [4.69, 9.17) is 0 Å². The molecule has 5 heteroatoms. The molecule has 128 valence electrons. The van der Waals surface area contributed by atoms with E-state index < -0.39 is 0 Å². The molecule has 0 bridgehead atoms. The SMILES string of the molecule is CCCN(CCC)C(=O)CNc1ccc(C(=O)NC(C)C)cc1. The van der Waals surface area contributed by atoms with Crippen LogP contribution in [0.2, 0.25) is 0 Å². The van der Waals surface area contributed by atoms with Gasteiger partial charge in [-0.3, -0.25) is 9.59 Å². The fourth-order valence-electron chi connectivity index (χ4n) is 2.28. The molecule has 0 aliphatic rings. The Morgan fingerprint density at radius 3 is 2.09 bits per heavy atom. The minimum Gasteiger partial charge on any atom is -0.376 e. The van der Waals surface area contributed by atoms with E-state index in [1.807, 2.05) is 30.9 Å². The van der Waals surface area contributed by atoms with E-state index >= 15 is 0 Å². The van der Waals surface area contributed by atoms with Crippen molar-refractivity contribution in [3.05, 3.63) is 29.8 Å². The third kappa shape index (κ3) is 6.72. The van der Waals surface area contributed by atoms with Gasteiger partial charge in [0, 0.05) is 30.4 Å². The second-order valence-electron chi connectivity index (χ2n) is 5.94. The number of nitrogens with one attached hydrogen (secondary N) is 2. The Balaban J connectivity index is 2.54. The molecule has 23 heavy (non-hydrogen) atoms. The third-order valence-corrected chi connectivity index (χ3v) is 3.35. The summed E-state index contributed by atoms with van der Waals surface area (Å²) >= 11 is 0. The minimum atomic E-state index is -0.0836. The van der Waals surface area contributed by atoms with Crippen LogP contribution >= 0.6 is 0 Å². The van der Waals surface area contributed by atoms with Crippen molar-refractivity contribution in [3.8, 4) is 0 Å². The number of nitrogens with zero attached hydrogens (tertiary/aromatic N) is 1. The predicted octanol–water partition coefficient (Wildman–Crippen LogP) is 2.89. The number of hydrogen-bond donors (Lipinski definition) is 2. The average molecular weight is 319 g/mol. The van der Waals surface area contributed by atoms with Crippen LogP contribution in [0.25, 0.3) is 0 Å². The summed E-state index contributed by atoms with van der Waals surface area (Å²) < 4.78 is 0. The first-order chi connectivity index (χ1) is 11.0. The van der Waals surface area contributed by atoms with Crippen molar-refractivity contribution in [2.24, 2.45) is 0 Å². The van der Waals surface area contributed by atoms with E-state index in [0.717, 1.165) is 31.6 Å². The molecule has 0 saturated heterocycles. The van der Waals surface area contributed by atoms with E-state index in [-0.39, 0.29) is 24.4 Å². The van der Waals surface area contributed by atoms with Crippen LogP contribution < -0.4 is 10.6 Å². The number of rotatable bonds is 9. The van der Waals surface area contributed by atoms with Gasteiger partial charge in [-0.15, -0.1) is 0 Å². The van der Waals surface area contributed by atoms with Gasteiger partial charge in [0.15, 0.2) is 0 Å². The molecule has 1 aromatic carbocycles. The highest BCUT2D eigenvalue weighted by atomic mass is 16.2. The van der Waals surface area contributed by atoms with Crippen LogP contribution in [0.5, 0.6) is 0 Å². The third-order valence-electron chi connectivity index (χ3n) is 3.35. The fourth-order valence-corrected chi connectivity index (χ4v) is 2.28. The number of carbonyl (C=O) groups excluding carboxylic acids is 2. The fraction of sp³-hybridized carbons (Fsp3) is 0.556.